The lowest BCUT2D eigenvalue weighted by atomic mass is 10.2. The minimum atomic E-state index is -3.10. The van der Waals surface area contributed by atoms with Gasteiger partial charge in [0.05, 0.1) is 6.26 Å². The molecule has 0 aromatic carbocycles. The van der Waals surface area contributed by atoms with Gasteiger partial charge < -0.3 is 10.6 Å². The number of guanidine groups is 1. The molecule has 0 spiro atoms. The molecular weight excluding hydrogens is 314 g/mol. The van der Waals surface area contributed by atoms with Crippen molar-refractivity contribution in [1.82, 2.24) is 20.3 Å². The fourth-order valence-corrected chi connectivity index (χ4v) is 2.87. The highest BCUT2D eigenvalue weighted by Gasteiger charge is 2.12. The molecule has 0 aliphatic heterocycles. The van der Waals surface area contributed by atoms with Gasteiger partial charge in [-0.05, 0) is 40.5 Å². The van der Waals surface area contributed by atoms with Crippen LogP contribution in [0.15, 0.2) is 4.99 Å². The van der Waals surface area contributed by atoms with Crippen LogP contribution in [0.4, 0.5) is 0 Å². The van der Waals surface area contributed by atoms with Crippen LogP contribution in [0.5, 0.6) is 0 Å². The highest BCUT2D eigenvalue weighted by molar-refractivity contribution is 7.88. The van der Waals surface area contributed by atoms with E-state index in [4.69, 9.17) is 0 Å². The maximum atomic E-state index is 10.9. The predicted molar refractivity (Wildman–Crippen MR) is 98.4 cm³/mol. The highest BCUT2D eigenvalue weighted by atomic mass is 32.2. The Balaban J connectivity index is 3.86. The van der Waals surface area contributed by atoms with Crippen LogP contribution >= 0.6 is 0 Å². The summed E-state index contributed by atoms with van der Waals surface area (Å²) in [6, 6.07) is 1.10. The third kappa shape index (κ3) is 12.3. The van der Waals surface area contributed by atoms with Gasteiger partial charge in [-0.3, -0.25) is 9.89 Å². The molecule has 138 valence electrons. The quantitative estimate of drug-likeness (QED) is 0.289. The van der Waals surface area contributed by atoms with Crippen molar-refractivity contribution in [1.29, 1.82) is 0 Å². The number of nitrogens with one attached hydrogen (secondary N) is 3. The Bertz CT molecular complexity index is 427. The van der Waals surface area contributed by atoms with E-state index in [0.29, 0.717) is 31.6 Å². The molecule has 0 heterocycles. The third-order valence-electron chi connectivity index (χ3n) is 3.45. The molecule has 0 atom stereocenters. The average molecular weight is 350 g/mol. The minimum Gasteiger partial charge on any atom is -0.356 e. The van der Waals surface area contributed by atoms with Crippen molar-refractivity contribution < 1.29 is 8.42 Å². The van der Waals surface area contributed by atoms with Gasteiger partial charge in [-0.1, -0.05) is 0 Å². The van der Waals surface area contributed by atoms with Crippen LogP contribution in [-0.4, -0.2) is 70.8 Å². The van der Waals surface area contributed by atoms with Crippen molar-refractivity contribution in [2.45, 2.75) is 52.6 Å². The van der Waals surface area contributed by atoms with E-state index in [9.17, 15) is 8.42 Å². The van der Waals surface area contributed by atoms with Gasteiger partial charge in [0, 0.05) is 45.3 Å². The third-order valence-corrected chi connectivity index (χ3v) is 4.17. The molecule has 7 nitrogen and oxygen atoms in total. The van der Waals surface area contributed by atoms with E-state index < -0.39 is 10.0 Å². The molecule has 0 amide bonds. The summed E-state index contributed by atoms with van der Waals surface area (Å²) in [5.74, 6) is 0.755. The summed E-state index contributed by atoms with van der Waals surface area (Å²) in [7, 11) is -1.36. The average Bonchev–Trinajstić information content (AvgIpc) is 2.42. The maximum absolute atomic E-state index is 10.9. The predicted octanol–water partition coefficient (Wildman–Crippen LogP) is 0.600. The second-order valence-electron chi connectivity index (χ2n) is 6.22. The van der Waals surface area contributed by atoms with Gasteiger partial charge in [0.2, 0.25) is 10.0 Å². The number of aliphatic imine (C=N–C) groups is 1. The Morgan fingerprint density at radius 1 is 1.00 bits per heavy atom. The zero-order valence-electron chi connectivity index (χ0n) is 15.5. The number of nitrogens with zero attached hydrogens (tertiary/aromatic N) is 2. The lowest BCUT2D eigenvalue weighted by Gasteiger charge is -2.30. The van der Waals surface area contributed by atoms with Crippen molar-refractivity contribution in [3.63, 3.8) is 0 Å². The van der Waals surface area contributed by atoms with Crippen LogP contribution < -0.4 is 15.4 Å². The van der Waals surface area contributed by atoms with Gasteiger partial charge in [-0.2, -0.15) is 0 Å². The Hall–Kier alpha value is -0.860. The summed E-state index contributed by atoms with van der Waals surface area (Å²) in [4.78, 5) is 6.63. The second kappa shape index (κ2) is 11.6. The summed E-state index contributed by atoms with van der Waals surface area (Å²) in [6.45, 7) is 11.9. The van der Waals surface area contributed by atoms with Crippen molar-refractivity contribution in [3.8, 4) is 0 Å². The van der Waals surface area contributed by atoms with Crippen molar-refractivity contribution in [2.75, 3.05) is 39.5 Å². The molecular formula is C15H35N5O2S. The lowest BCUT2D eigenvalue weighted by Crippen LogP contribution is -2.41. The smallest absolute Gasteiger partial charge is 0.208 e. The normalized spacial score (nSPS) is 13.2. The first-order valence-corrected chi connectivity index (χ1v) is 10.2. The van der Waals surface area contributed by atoms with Crippen molar-refractivity contribution >= 4 is 16.0 Å². The fraction of sp³-hybridized carbons (Fsp3) is 0.933. The summed E-state index contributed by atoms with van der Waals surface area (Å²) >= 11 is 0. The first-order chi connectivity index (χ1) is 10.7. The van der Waals surface area contributed by atoms with Gasteiger partial charge in [0.1, 0.15) is 0 Å². The monoisotopic (exact) mass is 349 g/mol. The van der Waals surface area contributed by atoms with Gasteiger partial charge in [-0.25, -0.2) is 13.1 Å². The van der Waals surface area contributed by atoms with E-state index in [1.807, 2.05) is 0 Å². The van der Waals surface area contributed by atoms with Crippen LogP contribution in [0.25, 0.3) is 0 Å². The first kappa shape index (κ1) is 22.1. The van der Waals surface area contributed by atoms with E-state index in [1.54, 1.807) is 7.05 Å². The molecule has 0 aliphatic rings. The zero-order valence-corrected chi connectivity index (χ0v) is 16.3. The molecule has 0 fully saturated rings. The summed E-state index contributed by atoms with van der Waals surface area (Å²) in [5.41, 5.74) is 0. The van der Waals surface area contributed by atoms with Gasteiger partial charge in [0.25, 0.3) is 0 Å². The number of hydrogen-bond donors (Lipinski definition) is 3. The number of rotatable bonds is 11. The molecule has 0 saturated carbocycles. The van der Waals surface area contributed by atoms with Crippen LogP contribution in [-0.2, 0) is 10.0 Å². The van der Waals surface area contributed by atoms with Gasteiger partial charge >= 0.3 is 0 Å². The molecule has 8 heteroatoms. The highest BCUT2D eigenvalue weighted by Crippen LogP contribution is 2.05. The van der Waals surface area contributed by atoms with Crippen molar-refractivity contribution in [2.24, 2.45) is 4.99 Å². The topological polar surface area (TPSA) is 85.8 Å². The zero-order chi connectivity index (χ0) is 17.9. The van der Waals surface area contributed by atoms with Crippen LogP contribution in [0.3, 0.4) is 0 Å². The van der Waals surface area contributed by atoms with Gasteiger partial charge in [-0.15, -0.1) is 0 Å². The van der Waals surface area contributed by atoms with Gasteiger partial charge in [0.15, 0.2) is 5.96 Å². The molecule has 0 bridgehead atoms. The van der Waals surface area contributed by atoms with E-state index in [1.165, 1.54) is 6.26 Å². The molecule has 0 unspecified atom stereocenters. The number of hydrogen-bond acceptors (Lipinski definition) is 4. The molecule has 0 aromatic heterocycles. The Labute approximate surface area is 142 Å². The maximum Gasteiger partial charge on any atom is 0.208 e. The standard InChI is InChI=1S/C15H35N5O2S/c1-13(2)20(14(3)4)12-8-10-18-15(16-5)17-9-7-11-19-23(6,21)22/h13-14,19H,7-12H2,1-6H3,(H2,16,17,18). The molecule has 0 aliphatic carbocycles. The van der Waals surface area contributed by atoms with Crippen LogP contribution in [0.1, 0.15) is 40.5 Å². The minimum absolute atomic E-state index is 0.431. The summed E-state index contributed by atoms with van der Waals surface area (Å²) in [5, 5.41) is 6.46. The van der Waals surface area contributed by atoms with Crippen molar-refractivity contribution in [3.05, 3.63) is 0 Å². The van der Waals surface area contributed by atoms with Crippen LogP contribution in [0.2, 0.25) is 0 Å². The number of sulfonamides is 1. The van der Waals surface area contributed by atoms with E-state index in [2.05, 4.69) is 52.9 Å². The molecule has 0 aromatic rings. The molecule has 3 N–H and O–H groups in total. The Morgan fingerprint density at radius 2 is 1.52 bits per heavy atom. The molecule has 23 heavy (non-hydrogen) atoms. The SMILES string of the molecule is CN=C(NCCCNS(C)(=O)=O)NCCCN(C(C)C)C(C)C. The lowest BCUT2D eigenvalue weighted by molar-refractivity contribution is 0.173. The molecule has 0 radical (unpaired) electrons. The molecule has 0 rings (SSSR count). The summed E-state index contributed by atoms with van der Waals surface area (Å²) < 4.78 is 24.3. The Kier molecular flexibility index (Phi) is 11.2. The Morgan fingerprint density at radius 3 is 1.96 bits per heavy atom. The van der Waals surface area contributed by atoms with E-state index in [-0.39, 0.29) is 0 Å². The van der Waals surface area contributed by atoms with Crippen LogP contribution in [0, 0.1) is 0 Å². The van der Waals surface area contributed by atoms with E-state index >= 15 is 0 Å². The molecule has 0 saturated heterocycles. The fourth-order valence-electron chi connectivity index (χ4n) is 2.35. The summed E-state index contributed by atoms with van der Waals surface area (Å²) in [6.07, 6.45) is 2.92. The second-order valence-corrected chi connectivity index (χ2v) is 8.06. The van der Waals surface area contributed by atoms with E-state index in [0.717, 1.165) is 25.5 Å². The largest absolute Gasteiger partial charge is 0.356 e. The first-order valence-electron chi connectivity index (χ1n) is 8.32.